The Labute approximate surface area is 127 Å². The fourth-order valence-electron chi connectivity index (χ4n) is 1.68. The summed E-state index contributed by atoms with van der Waals surface area (Å²) < 4.78 is 0. The lowest BCUT2D eigenvalue weighted by atomic mass is 10.2. The van der Waals surface area contributed by atoms with Crippen LogP contribution < -0.4 is 5.32 Å². The van der Waals surface area contributed by atoms with Gasteiger partial charge in [-0.15, -0.1) is 11.8 Å². The molecule has 1 aromatic heterocycles. The molecule has 0 saturated carbocycles. The molecule has 1 amide bonds. The quantitative estimate of drug-likeness (QED) is 0.799. The molecule has 0 aliphatic heterocycles. The van der Waals surface area contributed by atoms with Gasteiger partial charge in [0.2, 0.25) is 5.91 Å². The number of benzene rings is 1. The number of aromatic amines is 1. The summed E-state index contributed by atoms with van der Waals surface area (Å²) in [6.45, 7) is 2.02. The minimum atomic E-state index is -0.00888. The summed E-state index contributed by atoms with van der Waals surface area (Å²) in [6, 6.07) is 7.61. The van der Waals surface area contributed by atoms with E-state index in [0.29, 0.717) is 12.2 Å². The summed E-state index contributed by atoms with van der Waals surface area (Å²) in [6.07, 6.45) is 3.03. The largest absolute Gasteiger partial charge is 0.311 e. The highest BCUT2D eigenvalue weighted by atomic mass is 35.5. The number of hydrogen-bond donors (Lipinski definition) is 2. The van der Waals surface area contributed by atoms with Gasteiger partial charge >= 0.3 is 0 Å². The van der Waals surface area contributed by atoms with Gasteiger partial charge in [0.05, 0.1) is 6.20 Å². The molecule has 1 heterocycles. The fourth-order valence-corrected chi connectivity index (χ4v) is 2.66. The van der Waals surface area contributed by atoms with Gasteiger partial charge in [-0.3, -0.25) is 9.89 Å². The molecule has 20 heavy (non-hydrogen) atoms. The summed E-state index contributed by atoms with van der Waals surface area (Å²) in [5, 5.41) is 10.3. The predicted molar refractivity (Wildman–Crippen MR) is 83.4 cm³/mol. The monoisotopic (exact) mass is 309 g/mol. The molecule has 2 aromatic rings. The molecule has 0 radical (unpaired) electrons. The lowest BCUT2D eigenvalue weighted by molar-refractivity contribution is -0.115. The number of amides is 1. The van der Waals surface area contributed by atoms with Crippen molar-refractivity contribution in [3.05, 3.63) is 41.0 Å². The summed E-state index contributed by atoms with van der Waals surface area (Å²) >= 11 is 7.46. The van der Waals surface area contributed by atoms with Crippen LogP contribution in [0.15, 0.2) is 35.4 Å². The molecule has 6 heteroatoms. The lowest BCUT2D eigenvalue weighted by Gasteiger charge is -2.05. The van der Waals surface area contributed by atoms with E-state index in [2.05, 4.69) is 15.5 Å². The number of nitrogens with one attached hydrogen (secondary N) is 2. The van der Waals surface area contributed by atoms with Gasteiger partial charge in [-0.25, -0.2) is 0 Å². The van der Waals surface area contributed by atoms with Gasteiger partial charge in [-0.2, -0.15) is 5.10 Å². The first-order valence-electron chi connectivity index (χ1n) is 6.39. The highest BCUT2D eigenvalue weighted by molar-refractivity contribution is 7.99. The smallest absolute Gasteiger partial charge is 0.226 e. The number of thioether (sulfide) groups is 1. The van der Waals surface area contributed by atoms with Crippen molar-refractivity contribution < 1.29 is 4.79 Å². The minimum Gasteiger partial charge on any atom is -0.311 e. The summed E-state index contributed by atoms with van der Waals surface area (Å²) in [5.41, 5.74) is 1.02. The van der Waals surface area contributed by atoms with E-state index >= 15 is 0 Å². The molecule has 2 rings (SSSR count). The Morgan fingerprint density at radius 3 is 2.85 bits per heavy atom. The number of nitrogens with zero attached hydrogens (tertiary/aromatic N) is 1. The predicted octanol–water partition coefficient (Wildman–Crippen LogP) is 3.75. The standard InChI is InChI=1S/C14H16ClN3OS/c1-2-10-9-16-18-14(10)17-13(19)7-8-20-12-5-3-11(15)4-6-12/h3-6,9H,2,7-8H2,1H3,(H2,16,17,18,19). The van der Waals surface area contributed by atoms with E-state index < -0.39 is 0 Å². The maximum Gasteiger partial charge on any atom is 0.226 e. The van der Waals surface area contributed by atoms with Crippen molar-refractivity contribution in [1.82, 2.24) is 10.2 Å². The molecular formula is C14H16ClN3OS. The average molecular weight is 310 g/mol. The van der Waals surface area contributed by atoms with E-state index in [0.717, 1.165) is 27.7 Å². The fraction of sp³-hybridized carbons (Fsp3) is 0.286. The number of hydrogen-bond acceptors (Lipinski definition) is 3. The number of aromatic nitrogens is 2. The van der Waals surface area contributed by atoms with Gasteiger partial charge in [0.15, 0.2) is 0 Å². The van der Waals surface area contributed by atoms with E-state index in [4.69, 9.17) is 11.6 Å². The second kappa shape index (κ2) is 7.36. The molecule has 4 nitrogen and oxygen atoms in total. The van der Waals surface area contributed by atoms with Crippen molar-refractivity contribution in [1.29, 1.82) is 0 Å². The lowest BCUT2D eigenvalue weighted by Crippen LogP contribution is -2.13. The molecule has 0 fully saturated rings. The van der Waals surface area contributed by atoms with Crippen molar-refractivity contribution in [2.45, 2.75) is 24.7 Å². The van der Waals surface area contributed by atoms with Crippen LogP contribution in [0, 0.1) is 0 Å². The zero-order valence-corrected chi connectivity index (χ0v) is 12.7. The van der Waals surface area contributed by atoms with Crippen LogP contribution in [0.3, 0.4) is 0 Å². The molecule has 0 saturated heterocycles. The first-order valence-corrected chi connectivity index (χ1v) is 7.76. The third-order valence-electron chi connectivity index (χ3n) is 2.77. The number of halogens is 1. The summed E-state index contributed by atoms with van der Waals surface area (Å²) in [5.74, 6) is 1.42. The first kappa shape index (κ1) is 14.9. The van der Waals surface area contributed by atoms with Crippen molar-refractivity contribution in [3.8, 4) is 0 Å². The molecule has 2 N–H and O–H groups in total. The van der Waals surface area contributed by atoms with Crippen LogP contribution in [0.4, 0.5) is 5.82 Å². The molecule has 0 aliphatic rings. The Morgan fingerprint density at radius 2 is 2.15 bits per heavy atom. The zero-order valence-electron chi connectivity index (χ0n) is 11.1. The first-order chi connectivity index (χ1) is 9.69. The number of carbonyl (C=O) groups excluding carboxylic acids is 1. The Hall–Kier alpha value is -1.46. The van der Waals surface area contributed by atoms with E-state index in [9.17, 15) is 4.79 Å². The number of H-pyrrole nitrogens is 1. The number of anilines is 1. The minimum absolute atomic E-state index is 0.00888. The maximum absolute atomic E-state index is 11.8. The molecular weight excluding hydrogens is 294 g/mol. The van der Waals surface area contributed by atoms with E-state index in [1.807, 2.05) is 31.2 Å². The molecule has 106 valence electrons. The second-order valence-corrected chi connectivity index (χ2v) is 5.83. The van der Waals surface area contributed by atoms with Gasteiger partial charge in [-0.1, -0.05) is 18.5 Å². The number of rotatable bonds is 6. The second-order valence-electron chi connectivity index (χ2n) is 4.22. The SMILES string of the molecule is CCc1cn[nH]c1NC(=O)CCSc1ccc(Cl)cc1. The molecule has 0 aliphatic carbocycles. The average Bonchev–Trinajstić information content (AvgIpc) is 2.88. The van der Waals surface area contributed by atoms with Gasteiger partial charge in [-0.05, 0) is 30.7 Å². The summed E-state index contributed by atoms with van der Waals surface area (Å²) in [7, 11) is 0. The van der Waals surface area contributed by atoms with Crippen LogP contribution in [0.1, 0.15) is 18.9 Å². The third kappa shape index (κ3) is 4.28. The molecule has 0 atom stereocenters. The van der Waals surface area contributed by atoms with Crippen LogP contribution in [-0.2, 0) is 11.2 Å². The highest BCUT2D eigenvalue weighted by Crippen LogP contribution is 2.21. The maximum atomic E-state index is 11.8. The molecule has 1 aromatic carbocycles. The Kier molecular flexibility index (Phi) is 5.49. The van der Waals surface area contributed by atoms with Crippen molar-refractivity contribution in [2.75, 3.05) is 11.1 Å². The van der Waals surface area contributed by atoms with E-state index in [1.165, 1.54) is 0 Å². The third-order valence-corrected chi connectivity index (χ3v) is 4.04. The van der Waals surface area contributed by atoms with Crippen molar-refractivity contribution >= 4 is 35.1 Å². The Bertz CT molecular complexity index is 568. The van der Waals surface area contributed by atoms with Crippen LogP contribution >= 0.6 is 23.4 Å². The van der Waals surface area contributed by atoms with Gasteiger partial charge in [0.25, 0.3) is 0 Å². The van der Waals surface area contributed by atoms with Crippen LogP contribution in [0.2, 0.25) is 5.02 Å². The molecule has 0 spiro atoms. The van der Waals surface area contributed by atoms with Crippen LogP contribution in [0.5, 0.6) is 0 Å². The van der Waals surface area contributed by atoms with Gasteiger partial charge in [0.1, 0.15) is 5.82 Å². The van der Waals surface area contributed by atoms with E-state index in [-0.39, 0.29) is 5.91 Å². The Morgan fingerprint density at radius 1 is 1.40 bits per heavy atom. The zero-order chi connectivity index (χ0) is 14.4. The van der Waals surface area contributed by atoms with Crippen molar-refractivity contribution in [3.63, 3.8) is 0 Å². The van der Waals surface area contributed by atoms with Gasteiger partial charge in [0, 0.05) is 27.7 Å². The van der Waals surface area contributed by atoms with E-state index in [1.54, 1.807) is 18.0 Å². The van der Waals surface area contributed by atoms with Crippen LogP contribution in [0.25, 0.3) is 0 Å². The van der Waals surface area contributed by atoms with Crippen LogP contribution in [-0.4, -0.2) is 21.9 Å². The summed E-state index contributed by atoms with van der Waals surface area (Å²) in [4.78, 5) is 12.9. The molecule has 0 unspecified atom stereocenters. The number of aryl methyl sites for hydroxylation is 1. The van der Waals surface area contributed by atoms with Crippen molar-refractivity contribution in [2.24, 2.45) is 0 Å². The highest BCUT2D eigenvalue weighted by Gasteiger charge is 2.07. The number of carbonyl (C=O) groups is 1. The molecule has 0 bridgehead atoms. The van der Waals surface area contributed by atoms with Gasteiger partial charge < -0.3 is 5.32 Å². The topological polar surface area (TPSA) is 57.8 Å². The normalized spacial score (nSPS) is 10.5. The Balaban J connectivity index is 1.76.